The minimum absolute atomic E-state index is 0.0891. The maximum absolute atomic E-state index is 14.9. The van der Waals surface area contributed by atoms with Crippen LogP contribution in [-0.2, 0) is 4.79 Å². The Morgan fingerprint density at radius 1 is 1.26 bits per heavy atom. The van der Waals surface area contributed by atoms with E-state index in [-0.39, 0.29) is 12.3 Å². The Bertz CT molecular complexity index is 1470. The summed E-state index contributed by atoms with van der Waals surface area (Å²) in [6, 6.07) is 7.11. The number of rotatable bonds is 6. The van der Waals surface area contributed by atoms with Gasteiger partial charge in [0, 0.05) is 47.5 Å². The number of imidazole rings is 1. The van der Waals surface area contributed by atoms with Gasteiger partial charge in [0.15, 0.2) is 5.65 Å². The monoisotopic (exact) mass is 456 g/mol. The molecule has 4 aromatic rings. The van der Waals surface area contributed by atoms with Gasteiger partial charge < -0.3 is 20.5 Å². The number of fused-ring (bicyclic) bond motifs is 1. The smallest absolute Gasteiger partial charge is 0.228 e. The molecule has 2 aliphatic rings. The molecule has 1 aliphatic heterocycles. The van der Waals surface area contributed by atoms with Crippen molar-refractivity contribution in [3.63, 3.8) is 0 Å². The highest BCUT2D eigenvalue weighted by Gasteiger charge is 2.24. The number of hydrogen-bond donors (Lipinski definition) is 3. The summed E-state index contributed by atoms with van der Waals surface area (Å²) in [5, 5.41) is 13.8. The molecular weight excluding hydrogens is 435 g/mol. The summed E-state index contributed by atoms with van der Waals surface area (Å²) in [5.41, 5.74) is 3.67. The molecule has 170 valence electrons. The number of amides is 1. The number of allylic oxidation sites excluding steroid dienone is 1. The number of nitrogens with one attached hydrogen (secondary N) is 3. The summed E-state index contributed by atoms with van der Waals surface area (Å²) in [6.45, 7) is 3.90. The van der Waals surface area contributed by atoms with Gasteiger partial charge in [-0.1, -0.05) is 6.58 Å². The van der Waals surface area contributed by atoms with Crippen molar-refractivity contribution < 1.29 is 9.18 Å². The highest BCUT2D eigenvalue weighted by atomic mass is 19.1. The van der Waals surface area contributed by atoms with Crippen molar-refractivity contribution in [1.29, 1.82) is 0 Å². The van der Waals surface area contributed by atoms with Gasteiger partial charge in [-0.05, 0) is 36.6 Å². The lowest BCUT2D eigenvalue weighted by Crippen LogP contribution is -2.10. The van der Waals surface area contributed by atoms with Crippen molar-refractivity contribution in [3.05, 3.63) is 78.4 Å². The summed E-state index contributed by atoms with van der Waals surface area (Å²) in [7, 11) is 0. The predicted molar refractivity (Wildman–Crippen MR) is 126 cm³/mol. The fraction of sp³-hybridized carbons (Fsp3) is 0.167. The number of hydrogen-bond acceptors (Lipinski definition) is 6. The van der Waals surface area contributed by atoms with Gasteiger partial charge in [-0.15, -0.1) is 0 Å². The Kier molecular flexibility index (Phi) is 4.65. The molecule has 2 fully saturated rings. The van der Waals surface area contributed by atoms with Crippen LogP contribution in [0.3, 0.4) is 0 Å². The maximum atomic E-state index is 14.9. The van der Waals surface area contributed by atoms with Gasteiger partial charge in [-0.3, -0.25) is 4.79 Å². The quantitative estimate of drug-likeness (QED) is 0.408. The molecule has 3 aromatic heterocycles. The van der Waals surface area contributed by atoms with Gasteiger partial charge >= 0.3 is 0 Å². The van der Waals surface area contributed by atoms with Gasteiger partial charge in [0.25, 0.3) is 0 Å². The Balaban J connectivity index is 1.38. The summed E-state index contributed by atoms with van der Waals surface area (Å²) in [4.78, 5) is 20.4. The highest BCUT2D eigenvalue weighted by Crippen LogP contribution is 2.30. The third-order valence-electron chi connectivity index (χ3n) is 5.81. The van der Waals surface area contributed by atoms with Crippen LogP contribution in [0.4, 0.5) is 21.7 Å². The normalized spacial score (nSPS) is 16.9. The van der Waals surface area contributed by atoms with Gasteiger partial charge in [-0.25, -0.2) is 14.4 Å². The van der Waals surface area contributed by atoms with E-state index in [1.54, 1.807) is 46.1 Å². The molecule has 1 amide bonds. The molecule has 0 spiro atoms. The van der Waals surface area contributed by atoms with Gasteiger partial charge in [0.2, 0.25) is 5.91 Å². The van der Waals surface area contributed by atoms with Crippen LogP contribution in [0.5, 0.6) is 0 Å². The fourth-order valence-electron chi connectivity index (χ4n) is 3.90. The number of nitrogens with zero attached hydrogens (tertiary/aromatic N) is 5. The summed E-state index contributed by atoms with van der Waals surface area (Å²) < 4.78 is 18.4. The van der Waals surface area contributed by atoms with E-state index >= 15 is 0 Å². The van der Waals surface area contributed by atoms with E-state index in [1.165, 1.54) is 6.07 Å². The Hall–Kier alpha value is -4.47. The van der Waals surface area contributed by atoms with Gasteiger partial charge in [-0.2, -0.15) is 9.61 Å². The third-order valence-corrected chi connectivity index (χ3v) is 5.81. The number of carbonyl (C=O) groups is 1. The molecule has 1 aromatic carbocycles. The number of benzene rings is 1. The molecule has 34 heavy (non-hydrogen) atoms. The van der Waals surface area contributed by atoms with Crippen LogP contribution >= 0.6 is 0 Å². The first-order valence-corrected chi connectivity index (χ1v) is 10.9. The molecule has 6 rings (SSSR count). The zero-order valence-corrected chi connectivity index (χ0v) is 18.1. The van der Waals surface area contributed by atoms with Crippen LogP contribution in [0.1, 0.15) is 24.8 Å². The topological polar surface area (TPSA) is 101 Å². The maximum Gasteiger partial charge on any atom is 0.228 e. The van der Waals surface area contributed by atoms with Crippen LogP contribution < -0.4 is 16.0 Å². The number of carbonyl (C=O) groups excluding carboxylic acids is 1. The van der Waals surface area contributed by atoms with Crippen LogP contribution in [-0.4, -0.2) is 36.1 Å². The lowest BCUT2D eigenvalue weighted by molar-refractivity contribution is -0.118. The van der Waals surface area contributed by atoms with E-state index in [2.05, 4.69) is 32.6 Å². The molecule has 1 saturated carbocycles. The molecular formula is C24H21FN8O. The number of aromatic nitrogens is 5. The van der Waals surface area contributed by atoms with Crippen molar-refractivity contribution in [3.8, 4) is 5.69 Å². The van der Waals surface area contributed by atoms with E-state index in [4.69, 9.17) is 4.98 Å². The summed E-state index contributed by atoms with van der Waals surface area (Å²) >= 11 is 0. The predicted octanol–water partition coefficient (Wildman–Crippen LogP) is 3.79. The standard InChI is InChI=1S/C24H21FN8O/c1-14-15(9-23(34)28-14)8-16-12-27-33-22(29-17-2-3-17)11-21(31-24(16)33)30-20-5-4-18(10-19(20)25)32-7-6-26-13-32/h4-8,10-13,17,29H,1-3,9H2,(H,28,34)(H,30,31)/b15-8+. The molecule has 10 heteroatoms. The largest absolute Gasteiger partial charge is 0.367 e. The zero-order valence-electron chi connectivity index (χ0n) is 18.1. The molecule has 0 unspecified atom stereocenters. The average molecular weight is 456 g/mol. The zero-order chi connectivity index (χ0) is 23.2. The number of anilines is 3. The van der Waals surface area contributed by atoms with E-state index in [0.717, 1.165) is 29.8 Å². The first-order chi connectivity index (χ1) is 16.5. The second-order valence-electron chi connectivity index (χ2n) is 8.41. The minimum Gasteiger partial charge on any atom is -0.367 e. The molecule has 0 radical (unpaired) electrons. The highest BCUT2D eigenvalue weighted by molar-refractivity contribution is 5.89. The van der Waals surface area contributed by atoms with E-state index in [0.29, 0.717) is 34.6 Å². The minimum atomic E-state index is -0.410. The van der Waals surface area contributed by atoms with Gasteiger partial charge in [0.1, 0.15) is 17.5 Å². The first kappa shape index (κ1) is 20.2. The van der Waals surface area contributed by atoms with Gasteiger partial charge in [0.05, 0.1) is 24.6 Å². The molecule has 9 nitrogen and oxygen atoms in total. The fourth-order valence-corrected chi connectivity index (χ4v) is 3.90. The van der Waals surface area contributed by atoms with Crippen LogP contribution in [0.15, 0.2) is 67.0 Å². The van der Waals surface area contributed by atoms with Crippen molar-refractivity contribution >= 4 is 35.0 Å². The summed E-state index contributed by atoms with van der Waals surface area (Å²) in [6.07, 6.45) is 11.0. The van der Waals surface area contributed by atoms with Crippen molar-refractivity contribution in [2.45, 2.75) is 25.3 Å². The second kappa shape index (κ2) is 7.84. The molecule has 0 bridgehead atoms. The average Bonchev–Trinajstić information content (AvgIpc) is 3.18. The lowest BCUT2D eigenvalue weighted by Gasteiger charge is -2.13. The van der Waals surface area contributed by atoms with Crippen molar-refractivity contribution in [2.75, 3.05) is 10.6 Å². The van der Waals surface area contributed by atoms with E-state index < -0.39 is 5.82 Å². The van der Waals surface area contributed by atoms with E-state index in [1.807, 2.05) is 12.1 Å². The Morgan fingerprint density at radius 2 is 2.15 bits per heavy atom. The molecule has 0 atom stereocenters. The lowest BCUT2D eigenvalue weighted by atomic mass is 10.1. The SMILES string of the molecule is C=C1NC(=O)C/C1=C\c1cnn2c(NC3CC3)cc(Nc3ccc(-n4ccnc4)cc3F)nc12. The first-order valence-electron chi connectivity index (χ1n) is 10.9. The Morgan fingerprint density at radius 3 is 2.85 bits per heavy atom. The third kappa shape index (κ3) is 3.79. The molecule has 3 N–H and O–H groups in total. The molecule has 1 aliphatic carbocycles. The van der Waals surface area contributed by atoms with Crippen molar-refractivity contribution in [1.82, 2.24) is 29.5 Å². The van der Waals surface area contributed by atoms with Crippen LogP contribution in [0, 0.1) is 5.82 Å². The number of halogens is 1. The molecule has 1 saturated heterocycles. The van der Waals surface area contributed by atoms with Crippen LogP contribution in [0.25, 0.3) is 17.4 Å². The second-order valence-corrected chi connectivity index (χ2v) is 8.41. The summed E-state index contributed by atoms with van der Waals surface area (Å²) in [5.74, 6) is 0.736. The Labute approximate surface area is 194 Å². The van der Waals surface area contributed by atoms with E-state index in [9.17, 15) is 9.18 Å². The molecule has 4 heterocycles. The van der Waals surface area contributed by atoms with Crippen molar-refractivity contribution in [2.24, 2.45) is 0 Å². The van der Waals surface area contributed by atoms with Crippen LogP contribution in [0.2, 0.25) is 0 Å².